The van der Waals surface area contributed by atoms with E-state index in [1.54, 1.807) is 24.8 Å². The molecule has 0 unspecified atom stereocenters. The number of pyridine rings is 4. The monoisotopic (exact) mass is 390 g/mol. The highest BCUT2D eigenvalue weighted by Gasteiger charge is 2.03. The molecule has 0 fully saturated rings. The third-order valence-electron chi connectivity index (χ3n) is 3.24. The molecule has 0 aliphatic rings. The zero-order valence-corrected chi connectivity index (χ0v) is 14.9. The molecule has 0 aliphatic carbocycles. The number of nitrogens with zero attached hydrogens (tertiary/aromatic N) is 4. The Morgan fingerprint density at radius 1 is 0.520 bits per heavy atom. The molecule has 4 nitrogen and oxygen atoms in total. The van der Waals surface area contributed by atoms with Crippen LogP contribution < -0.4 is 0 Å². The van der Waals surface area contributed by atoms with Crippen molar-refractivity contribution in [3.05, 3.63) is 96.0 Å². The second-order valence-corrected chi connectivity index (χ2v) is 5.92. The van der Waals surface area contributed by atoms with E-state index < -0.39 is 0 Å². The van der Waals surface area contributed by atoms with Gasteiger partial charge in [-0.3, -0.25) is 15.0 Å². The van der Waals surface area contributed by atoms with Gasteiger partial charge in [0, 0.05) is 29.3 Å². The fourth-order valence-corrected chi connectivity index (χ4v) is 2.32. The molecule has 0 bridgehead atoms. The Morgan fingerprint density at radius 2 is 1.04 bits per heavy atom. The van der Waals surface area contributed by atoms with Crippen LogP contribution in [-0.4, -0.2) is 19.9 Å². The predicted molar refractivity (Wildman–Crippen MR) is 103 cm³/mol. The summed E-state index contributed by atoms with van der Waals surface area (Å²) >= 11 is 3.27. The van der Waals surface area contributed by atoms with Crippen molar-refractivity contribution >= 4 is 15.9 Å². The molecule has 4 aromatic heterocycles. The van der Waals surface area contributed by atoms with E-state index in [0.29, 0.717) is 0 Å². The topological polar surface area (TPSA) is 51.6 Å². The molecule has 25 heavy (non-hydrogen) atoms. The van der Waals surface area contributed by atoms with Crippen LogP contribution in [-0.2, 0) is 0 Å². The minimum absolute atomic E-state index is 0.860. The van der Waals surface area contributed by atoms with Crippen molar-refractivity contribution in [2.45, 2.75) is 0 Å². The van der Waals surface area contributed by atoms with E-state index in [-0.39, 0.29) is 0 Å². The van der Waals surface area contributed by atoms with Gasteiger partial charge in [-0.1, -0.05) is 34.1 Å². The summed E-state index contributed by atoms with van der Waals surface area (Å²) in [6, 6.07) is 21.3. The molecule has 5 heteroatoms. The largest absolute Gasteiger partial charge is 0.265 e. The van der Waals surface area contributed by atoms with Gasteiger partial charge in [-0.15, -0.1) is 0 Å². The van der Waals surface area contributed by atoms with Crippen molar-refractivity contribution in [2.24, 2.45) is 0 Å². The van der Waals surface area contributed by atoms with Gasteiger partial charge in [-0.25, -0.2) is 4.98 Å². The average Bonchev–Trinajstić information content (AvgIpc) is 2.71. The van der Waals surface area contributed by atoms with E-state index in [4.69, 9.17) is 0 Å². The Kier molecular flexibility index (Phi) is 5.96. The third kappa shape index (κ3) is 5.02. The lowest BCUT2D eigenvalue weighted by atomic mass is 10.2. The highest BCUT2D eigenvalue weighted by atomic mass is 79.9. The van der Waals surface area contributed by atoms with E-state index in [0.717, 1.165) is 27.2 Å². The molecule has 0 radical (unpaired) electrons. The first-order valence-electron chi connectivity index (χ1n) is 7.68. The average molecular weight is 391 g/mol. The molecule has 0 spiro atoms. The van der Waals surface area contributed by atoms with Crippen LogP contribution in [0.3, 0.4) is 0 Å². The van der Waals surface area contributed by atoms with E-state index in [1.807, 2.05) is 66.7 Å². The first-order valence-corrected chi connectivity index (χ1v) is 8.47. The molecule has 4 aromatic rings. The van der Waals surface area contributed by atoms with Crippen molar-refractivity contribution in [1.82, 2.24) is 19.9 Å². The molecule has 122 valence electrons. The molecule has 0 N–H and O–H groups in total. The maximum Gasteiger partial charge on any atom is 0.0894 e. The second kappa shape index (κ2) is 8.80. The first kappa shape index (κ1) is 16.9. The van der Waals surface area contributed by atoms with Crippen LogP contribution in [0.2, 0.25) is 0 Å². The summed E-state index contributed by atoms with van der Waals surface area (Å²) in [5, 5.41) is 0. The van der Waals surface area contributed by atoms with Gasteiger partial charge in [0.1, 0.15) is 0 Å². The van der Waals surface area contributed by atoms with E-state index >= 15 is 0 Å². The Hall–Kier alpha value is -2.92. The minimum Gasteiger partial charge on any atom is -0.265 e. The normalized spacial score (nSPS) is 9.80. The molecular formula is C20H15BrN4. The Balaban J connectivity index is 0.000000219. The van der Waals surface area contributed by atoms with Crippen molar-refractivity contribution in [1.29, 1.82) is 0 Å². The summed E-state index contributed by atoms with van der Waals surface area (Å²) in [5.41, 5.74) is 3.46. The van der Waals surface area contributed by atoms with Crippen molar-refractivity contribution in [3.8, 4) is 22.8 Å². The van der Waals surface area contributed by atoms with Crippen LogP contribution in [0.4, 0.5) is 0 Å². The lowest BCUT2D eigenvalue weighted by Gasteiger charge is -2.03. The Labute approximate surface area is 154 Å². The molecule has 0 saturated heterocycles. The quantitative estimate of drug-likeness (QED) is 0.480. The molecule has 4 rings (SSSR count). The fourth-order valence-electron chi connectivity index (χ4n) is 2.08. The smallest absolute Gasteiger partial charge is 0.0894 e. The SMILES string of the molecule is Brc1ccncc1.c1ccc(-c2cccc(-c3ccccn3)n2)nc1. The molecular weight excluding hydrogens is 376 g/mol. The number of rotatable bonds is 2. The highest BCUT2D eigenvalue weighted by Crippen LogP contribution is 2.19. The molecule has 0 aliphatic heterocycles. The summed E-state index contributed by atoms with van der Waals surface area (Å²) in [5.74, 6) is 0. The molecule has 4 heterocycles. The summed E-state index contributed by atoms with van der Waals surface area (Å²) in [4.78, 5) is 17.0. The summed E-state index contributed by atoms with van der Waals surface area (Å²) in [7, 11) is 0. The number of hydrogen-bond acceptors (Lipinski definition) is 4. The molecule has 0 aromatic carbocycles. The van der Waals surface area contributed by atoms with Gasteiger partial charge in [0.2, 0.25) is 0 Å². The van der Waals surface area contributed by atoms with Crippen LogP contribution in [0.1, 0.15) is 0 Å². The maximum absolute atomic E-state index is 4.59. The van der Waals surface area contributed by atoms with Crippen LogP contribution >= 0.6 is 15.9 Å². The lowest BCUT2D eigenvalue weighted by molar-refractivity contribution is 1.22. The van der Waals surface area contributed by atoms with Crippen molar-refractivity contribution in [2.75, 3.05) is 0 Å². The Bertz CT molecular complexity index is 845. The van der Waals surface area contributed by atoms with E-state index in [1.165, 1.54) is 0 Å². The zero-order chi connectivity index (χ0) is 17.3. The minimum atomic E-state index is 0.860. The van der Waals surface area contributed by atoms with Crippen LogP contribution in [0.5, 0.6) is 0 Å². The van der Waals surface area contributed by atoms with Crippen LogP contribution in [0.25, 0.3) is 22.8 Å². The van der Waals surface area contributed by atoms with Crippen molar-refractivity contribution in [3.63, 3.8) is 0 Å². The van der Waals surface area contributed by atoms with Gasteiger partial charge >= 0.3 is 0 Å². The standard InChI is InChI=1S/C15H11N3.C5H4BrN/c1-3-10-16-12(6-1)14-8-5-9-15(18-14)13-7-2-4-11-17-13;6-5-1-3-7-4-2-5/h1-11H;1-4H. The number of halogens is 1. The van der Waals surface area contributed by atoms with Gasteiger partial charge in [0.25, 0.3) is 0 Å². The fraction of sp³-hybridized carbons (Fsp3) is 0. The molecule has 0 saturated carbocycles. The first-order chi connectivity index (χ1) is 12.3. The van der Waals surface area contributed by atoms with Gasteiger partial charge in [0.15, 0.2) is 0 Å². The highest BCUT2D eigenvalue weighted by molar-refractivity contribution is 9.10. The second-order valence-electron chi connectivity index (χ2n) is 5.00. The van der Waals surface area contributed by atoms with Gasteiger partial charge in [-0.05, 0) is 48.5 Å². The molecule has 0 atom stereocenters. The van der Waals surface area contributed by atoms with Crippen molar-refractivity contribution < 1.29 is 0 Å². The van der Waals surface area contributed by atoms with Crippen LogP contribution in [0.15, 0.2) is 96.0 Å². The number of aromatic nitrogens is 4. The number of hydrogen-bond donors (Lipinski definition) is 0. The summed E-state index contributed by atoms with van der Waals surface area (Å²) < 4.78 is 1.07. The Morgan fingerprint density at radius 3 is 1.44 bits per heavy atom. The maximum atomic E-state index is 4.59. The third-order valence-corrected chi connectivity index (χ3v) is 3.77. The zero-order valence-electron chi connectivity index (χ0n) is 13.3. The van der Waals surface area contributed by atoms with Gasteiger partial charge < -0.3 is 0 Å². The van der Waals surface area contributed by atoms with E-state index in [9.17, 15) is 0 Å². The predicted octanol–water partition coefficient (Wildman–Crippen LogP) is 5.05. The molecule has 0 amide bonds. The van der Waals surface area contributed by atoms with E-state index in [2.05, 4.69) is 35.9 Å². The summed E-state index contributed by atoms with van der Waals surface area (Å²) in [6.07, 6.45) is 7.02. The van der Waals surface area contributed by atoms with Gasteiger partial charge in [-0.2, -0.15) is 0 Å². The van der Waals surface area contributed by atoms with Gasteiger partial charge in [0.05, 0.1) is 22.8 Å². The van der Waals surface area contributed by atoms with Crippen LogP contribution in [0, 0.1) is 0 Å². The lowest BCUT2D eigenvalue weighted by Crippen LogP contribution is -1.90. The summed E-state index contributed by atoms with van der Waals surface area (Å²) in [6.45, 7) is 0.